The Bertz CT molecular complexity index is 663. The monoisotopic (exact) mass is 243 g/mol. The van der Waals surface area contributed by atoms with Crippen molar-refractivity contribution in [2.45, 2.75) is 6.92 Å². The van der Waals surface area contributed by atoms with Crippen LogP contribution in [0, 0.1) is 6.92 Å². The van der Waals surface area contributed by atoms with Gasteiger partial charge in [0.1, 0.15) is 5.82 Å². The van der Waals surface area contributed by atoms with Crippen molar-refractivity contribution >= 4 is 22.4 Å². The first kappa shape index (κ1) is 10.3. The molecule has 3 aromatic rings. The third-order valence-corrected chi connectivity index (χ3v) is 3.04. The van der Waals surface area contributed by atoms with E-state index in [1.54, 1.807) is 0 Å². The molecule has 0 aliphatic heterocycles. The SMILES string of the molecule is Cc1nnc(Cl)n1-c1cccc2ccccc12. The van der Waals surface area contributed by atoms with Crippen molar-refractivity contribution in [1.29, 1.82) is 0 Å². The van der Waals surface area contributed by atoms with E-state index in [0.29, 0.717) is 5.28 Å². The van der Waals surface area contributed by atoms with E-state index in [2.05, 4.69) is 28.4 Å². The number of aromatic nitrogens is 3. The van der Waals surface area contributed by atoms with Crippen LogP contribution in [0.4, 0.5) is 0 Å². The summed E-state index contributed by atoms with van der Waals surface area (Å²) in [5.74, 6) is 0.784. The first-order chi connectivity index (χ1) is 8.27. The Morgan fingerprint density at radius 1 is 1.00 bits per heavy atom. The van der Waals surface area contributed by atoms with Gasteiger partial charge in [0, 0.05) is 5.39 Å². The van der Waals surface area contributed by atoms with Crippen LogP contribution in [0.25, 0.3) is 16.5 Å². The highest BCUT2D eigenvalue weighted by atomic mass is 35.5. The van der Waals surface area contributed by atoms with Crippen LogP contribution in [0.5, 0.6) is 0 Å². The molecule has 1 aromatic heterocycles. The molecule has 17 heavy (non-hydrogen) atoms. The zero-order valence-electron chi connectivity index (χ0n) is 9.26. The smallest absolute Gasteiger partial charge is 0.229 e. The van der Waals surface area contributed by atoms with Crippen molar-refractivity contribution in [1.82, 2.24) is 14.8 Å². The lowest BCUT2D eigenvalue weighted by Crippen LogP contribution is -1.98. The standard InChI is InChI=1S/C13H10ClN3/c1-9-15-16-13(14)17(9)12-8-4-6-10-5-2-3-7-11(10)12/h2-8H,1H3. The van der Waals surface area contributed by atoms with Crippen molar-refractivity contribution in [2.24, 2.45) is 0 Å². The minimum Gasteiger partial charge on any atom is -0.269 e. The molecule has 0 saturated heterocycles. The van der Waals surface area contributed by atoms with Crippen LogP contribution < -0.4 is 0 Å². The summed E-state index contributed by atoms with van der Waals surface area (Å²) < 4.78 is 1.85. The first-order valence-electron chi connectivity index (χ1n) is 5.33. The van der Waals surface area contributed by atoms with Gasteiger partial charge in [-0.05, 0) is 30.0 Å². The van der Waals surface area contributed by atoms with E-state index in [1.807, 2.05) is 35.8 Å². The average Bonchev–Trinajstić information content (AvgIpc) is 2.69. The number of benzene rings is 2. The molecular weight excluding hydrogens is 234 g/mol. The number of halogens is 1. The van der Waals surface area contributed by atoms with E-state index >= 15 is 0 Å². The lowest BCUT2D eigenvalue weighted by atomic mass is 10.1. The van der Waals surface area contributed by atoms with E-state index in [9.17, 15) is 0 Å². The Morgan fingerprint density at radius 3 is 2.53 bits per heavy atom. The average molecular weight is 244 g/mol. The summed E-state index contributed by atoms with van der Waals surface area (Å²) in [6, 6.07) is 14.3. The first-order valence-corrected chi connectivity index (χ1v) is 5.71. The van der Waals surface area contributed by atoms with Crippen molar-refractivity contribution in [3.05, 3.63) is 53.6 Å². The molecule has 0 saturated carbocycles. The summed E-state index contributed by atoms with van der Waals surface area (Å²) in [6.45, 7) is 1.89. The normalized spacial score (nSPS) is 10.9. The molecule has 4 heteroatoms. The Hall–Kier alpha value is -1.87. The molecule has 1 heterocycles. The van der Waals surface area contributed by atoms with Crippen LogP contribution in [0.3, 0.4) is 0 Å². The van der Waals surface area contributed by atoms with Gasteiger partial charge in [-0.15, -0.1) is 10.2 Å². The highest BCUT2D eigenvalue weighted by Gasteiger charge is 2.10. The van der Waals surface area contributed by atoms with Gasteiger partial charge in [-0.1, -0.05) is 36.4 Å². The highest BCUT2D eigenvalue weighted by molar-refractivity contribution is 6.28. The van der Waals surface area contributed by atoms with E-state index in [-0.39, 0.29) is 0 Å². The van der Waals surface area contributed by atoms with E-state index in [4.69, 9.17) is 11.6 Å². The fourth-order valence-electron chi connectivity index (χ4n) is 2.01. The van der Waals surface area contributed by atoms with Crippen LogP contribution in [0.2, 0.25) is 5.28 Å². The van der Waals surface area contributed by atoms with Crippen LogP contribution in [0.1, 0.15) is 5.82 Å². The summed E-state index contributed by atoms with van der Waals surface area (Å²) in [5, 5.41) is 10.6. The van der Waals surface area contributed by atoms with Gasteiger partial charge in [0.25, 0.3) is 0 Å². The second-order valence-corrected chi connectivity index (χ2v) is 4.19. The predicted molar refractivity (Wildman–Crippen MR) is 68.6 cm³/mol. The molecule has 0 aliphatic rings. The van der Waals surface area contributed by atoms with Gasteiger partial charge in [0.05, 0.1) is 5.69 Å². The van der Waals surface area contributed by atoms with Crippen molar-refractivity contribution in [3.8, 4) is 5.69 Å². The number of rotatable bonds is 1. The molecule has 0 atom stereocenters. The van der Waals surface area contributed by atoms with Gasteiger partial charge in [-0.25, -0.2) is 0 Å². The van der Waals surface area contributed by atoms with Crippen molar-refractivity contribution in [3.63, 3.8) is 0 Å². The Balaban J connectivity index is 2.38. The highest BCUT2D eigenvalue weighted by Crippen LogP contribution is 2.25. The van der Waals surface area contributed by atoms with Gasteiger partial charge >= 0.3 is 0 Å². The van der Waals surface area contributed by atoms with E-state index in [0.717, 1.165) is 16.9 Å². The Morgan fingerprint density at radius 2 is 1.76 bits per heavy atom. The molecule has 0 N–H and O–H groups in total. The summed E-state index contributed by atoms with van der Waals surface area (Å²) in [7, 11) is 0. The quantitative estimate of drug-likeness (QED) is 0.656. The van der Waals surface area contributed by atoms with Crippen molar-refractivity contribution < 1.29 is 0 Å². The second-order valence-electron chi connectivity index (χ2n) is 3.85. The summed E-state index contributed by atoms with van der Waals surface area (Å²) in [5.41, 5.74) is 1.01. The van der Waals surface area contributed by atoms with E-state index < -0.39 is 0 Å². The zero-order valence-corrected chi connectivity index (χ0v) is 10.0. The van der Waals surface area contributed by atoms with E-state index in [1.165, 1.54) is 5.39 Å². The number of fused-ring (bicyclic) bond motifs is 1. The van der Waals surface area contributed by atoms with Crippen LogP contribution in [-0.4, -0.2) is 14.8 Å². The molecule has 3 rings (SSSR count). The largest absolute Gasteiger partial charge is 0.269 e. The third kappa shape index (κ3) is 1.59. The zero-order chi connectivity index (χ0) is 11.8. The fourth-order valence-corrected chi connectivity index (χ4v) is 2.26. The molecule has 0 bridgehead atoms. The molecule has 0 unspecified atom stereocenters. The van der Waals surface area contributed by atoms with Gasteiger partial charge in [-0.2, -0.15) is 0 Å². The van der Waals surface area contributed by atoms with Crippen LogP contribution >= 0.6 is 11.6 Å². The van der Waals surface area contributed by atoms with Crippen molar-refractivity contribution in [2.75, 3.05) is 0 Å². The lowest BCUT2D eigenvalue weighted by molar-refractivity contribution is 0.976. The maximum Gasteiger partial charge on any atom is 0.229 e. The molecule has 0 spiro atoms. The minimum atomic E-state index is 0.388. The maximum absolute atomic E-state index is 6.07. The lowest BCUT2D eigenvalue weighted by Gasteiger charge is -2.09. The minimum absolute atomic E-state index is 0.388. The molecule has 0 aliphatic carbocycles. The molecular formula is C13H10ClN3. The molecule has 0 radical (unpaired) electrons. The third-order valence-electron chi connectivity index (χ3n) is 2.79. The van der Waals surface area contributed by atoms with Gasteiger partial charge < -0.3 is 0 Å². The van der Waals surface area contributed by atoms with Crippen LogP contribution in [-0.2, 0) is 0 Å². The van der Waals surface area contributed by atoms with Gasteiger partial charge in [0.2, 0.25) is 5.28 Å². The fraction of sp³-hybridized carbons (Fsp3) is 0.0769. The van der Waals surface area contributed by atoms with Crippen LogP contribution in [0.15, 0.2) is 42.5 Å². The topological polar surface area (TPSA) is 30.7 Å². The summed E-state index contributed by atoms with van der Waals surface area (Å²) >= 11 is 6.07. The molecule has 0 amide bonds. The summed E-state index contributed by atoms with van der Waals surface area (Å²) in [4.78, 5) is 0. The number of hydrogen-bond acceptors (Lipinski definition) is 2. The molecule has 84 valence electrons. The number of hydrogen-bond donors (Lipinski definition) is 0. The number of aryl methyl sites for hydroxylation is 1. The van der Waals surface area contributed by atoms with Gasteiger partial charge in [0.15, 0.2) is 0 Å². The Kier molecular flexibility index (Phi) is 2.34. The number of nitrogens with zero attached hydrogens (tertiary/aromatic N) is 3. The molecule has 2 aromatic carbocycles. The summed E-state index contributed by atoms with van der Waals surface area (Å²) in [6.07, 6.45) is 0. The molecule has 3 nitrogen and oxygen atoms in total. The van der Waals surface area contributed by atoms with Gasteiger partial charge in [-0.3, -0.25) is 4.57 Å². The molecule has 0 fully saturated rings. The maximum atomic E-state index is 6.07. The predicted octanol–water partition coefficient (Wildman–Crippen LogP) is 3.38. The second kappa shape index (κ2) is 3.86. The Labute approximate surface area is 104 Å².